The lowest BCUT2D eigenvalue weighted by Crippen LogP contribution is -2.69. The first-order chi connectivity index (χ1) is 17.3. The second kappa shape index (κ2) is 11.5. The van der Waals surface area contributed by atoms with Crippen LogP contribution in [0.15, 0.2) is 91.0 Å². The summed E-state index contributed by atoms with van der Waals surface area (Å²) in [7, 11) is -0.809. The molecule has 2 atom stereocenters. The van der Waals surface area contributed by atoms with Crippen molar-refractivity contribution in [1.82, 2.24) is 10.2 Å². The summed E-state index contributed by atoms with van der Waals surface area (Å²) in [4.78, 5) is 14.8. The van der Waals surface area contributed by atoms with Gasteiger partial charge in [-0.1, -0.05) is 112 Å². The van der Waals surface area contributed by atoms with Crippen LogP contribution < -0.4 is 15.7 Å². The molecule has 6 heteroatoms. The third-order valence-corrected chi connectivity index (χ3v) is 11.9. The summed E-state index contributed by atoms with van der Waals surface area (Å²) in [5.41, 5.74) is 1.11. The van der Waals surface area contributed by atoms with Crippen molar-refractivity contribution in [3.8, 4) is 0 Å². The van der Waals surface area contributed by atoms with E-state index in [1.807, 2.05) is 25.2 Å². The number of carbonyl (C=O) groups is 1. The Morgan fingerprint density at radius 3 is 1.94 bits per heavy atom. The molecule has 1 aliphatic heterocycles. The summed E-state index contributed by atoms with van der Waals surface area (Å²) in [6.07, 6.45) is -0.233. The van der Waals surface area contributed by atoms with Crippen LogP contribution in [-0.4, -0.2) is 58.0 Å². The number of nitrogens with zero attached hydrogens (tertiary/aromatic N) is 1. The molecule has 1 saturated heterocycles. The molecule has 3 aromatic carbocycles. The van der Waals surface area contributed by atoms with Crippen LogP contribution in [0.1, 0.15) is 26.3 Å². The molecular weight excluding hydrogens is 464 g/mol. The van der Waals surface area contributed by atoms with Crippen LogP contribution in [0.4, 0.5) is 0 Å². The van der Waals surface area contributed by atoms with Gasteiger partial charge in [0, 0.05) is 6.54 Å². The summed E-state index contributed by atoms with van der Waals surface area (Å²) >= 11 is 0. The van der Waals surface area contributed by atoms with Crippen LogP contribution in [0.5, 0.6) is 0 Å². The first-order valence-electron chi connectivity index (χ1n) is 12.7. The van der Waals surface area contributed by atoms with E-state index in [0.717, 1.165) is 5.56 Å². The number of ether oxygens (including phenoxy) is 1. The van der Waals surface area contributed by atoms with Crippen molar-refractivity contribution in [1.29, 1.82) is 0 Å². The number of likely N-dealkylation sites (N-methyl/N-ethyl adjacent to an activating group) is 1. The summed E-state index contributed by atoms with van der Waals surface area (Å²) < 4.78 is 13.6. The fourth-order valence-corrected chi connectivity index (χ4v) is 9.86. The maximum atomic E-state index is 12.7. The highest BCUT2D eigenvalue weighted by Gasteiger charge is 2.52. The van der Waals surface area contributed by atoms with Gasteiger partial charge in [0.1, 0.15) is 0 Å². The highest BCUT2D eigenvalue weighted by molar-refractivity contribution is 6.99. The Morgan fingerprint density at radius 2 is 1.42 bits per heavy atom. The maximum Gasteiger partial charge on any atom is 0.261 e. The van der Waals surface area contributed by atoms with E-state index in [2.05, 4.69) is 104 Å². The van der Waals surface area contributed by atoms with Crippen molar-refractivity contribution in [3.05, 3.63) is 96.6 Å². The normalized spacial score (nSPS) is 19.5. The third-order valence-electron chi connectivity index (χ3n) is 6.85. The first kappa shape index (κ1) is 26.3. The molecule has 1 heterocycles. The van der Waals surface area contributed by atoms with Gasteiger partial charge in [0.05, 0.1) is 31.9 Å². The number of rotatable bonds is 8. The van der Waals surface area contributed by atoms with E-state index in [9.17, 15) is 4.79 Å². The molecule has 1 fully saturated rings. The zero-order valence-electron chi connectivity index (χ0n) is 21.8. The summed E-state index contributed by atoms with van der Waals surface area (Å²) in [5.74, 6) is -0.000594. The van der Waals surface area contributed by atoms with Gasteiger partial charge in [-0.25, -0.2) is 0 Å². The Balaban J connectivity index is 1.71. The Hall–Kier alpha value is -2.77. The average molecular weight is 503 g/mol. The highest BCUT2D eigenvalue weighted by atomic mass is 28.4. The van der Waals surface area contributed by atoms with Crippen LogP contribution in [0.2, 0.25) is 5.04 Å². The summed E-state index contributed by atoms with van der Waals surface area (Å²) in [6.45, 7) is 8.70. The number of nitrogens with one attached hydrogen (secondary N) is 1. The molecule has 1 aliphatic rings. The highest BCUT2D eigenvalue weighted by Crippen LogP contribution is 2.38. The largest absolute Gasteiger partial charge is 0.401 e. The molecule has 36 heavy (non-hydrogen) atoms. The smallest absolute Gasteiger partial charge is 0.261 e. The number of benzene rings is 3. The van der Waals surface area contributed by atoms with Crippen molar-refractivity contribution < 1.29 is 14.0 Å². The third kappa shape index (κ3) is 5.95. The van der Waals surface area contributed by atoms with E-state index < -0.39 is 8.32 Å². The van der Waals surface area contributed by atoms with Crippen molar-refractivity contribution in [3.63, 3.8) is 0 Å². The molecule has 0 aliphatic carbocycles. The fourth-order valence-electron chi connectivity index (χ4n) is 5.15. The van der Waals surface area contributed by atoms with Crippen LogP contribution in [0, 0.1) is 0 Å². The predicted molar refractivity (Wildman–Crippen MR) is 148 cm³/mol. The van der Waals surface area contributed by atoms with E-state index in [-0.39, 0.29) is 23.1 Å². The topological polar surface area (TPSA) is 50.8 Å². The van der Waals surface area contributed by atoms with E-state index in [4.69, 9.17) is 9.16 Å². The van der Waals surface area contributed by atoms with E-state index in [0.29, 0.717) is 26.3 Å². The molecule has 0 saturated carbocycles. The predicted octanol–water partition coefficient (Wildman–Crippen LogP) is 3.58. The molecular formula is C30H38N2O3Si. The molecule has 3 aromatic rings. The molecule has 1 amide bonds. The second-order valence-corrected chi connectivity index (χ2v) is 14.9. The summed E-state index contributed by atoms with van der Waals surface area (Å²) in [6, 6.07) is 31.1. The molecule has 0 aromatic heterocycles. The van der Waals surface area contributed by atoms with Gasteiger partial charge in [-0.15, -0.1) is 0 Å². The van der Waals surface area contributed by atoms with Gasteiger partial charge in [0.15, 0.2) is 0 Å². The van der Waals surface area contributed by atoms with Gasteiger partial charge >= 0.3 is 0 Å². The molecule has 5 nitrogen and oxygen atoms in total. The minimum Gasteiger partial charge on any atom is -0.401 e. The molecule has 1 N–H and O–H groups in total. The Bertz CT molecular complexity index is 1060. The first-order valence-corrected chi connectivity index (χ1v) is 14.6. The minimum atomic E-state index is -2.79. The van der Waals surface area contributed by atoms with Gasteiger partial charge < -0.3 is 14.5 Å². The number of carbonyl (C=O) groups excluding carboxylic acids is 1. The monoisotopic (exact) mass is 502 g/mol. The van der Waals surface area contributed by atoms with E-state index in [1.165, 1.54) is 10.4 Å². The van der Waals surface area contributed by atoms with Gasteiger partial charge in [0.25, 0.3) is 8.32 Å². The average Bonchev–Trinajstić information content (AvgIpc) is 3.00. The van der Waals surface area contributed by atoms with Crippen LogP contribution >= 0.6 is 0 Å². The van der Waals surface area contributed by atoms with Gasteiger partial charge in [-0.3, -0.25) is 9.69 Å². The quantitative estimate of drug-likeness (QED) is 0.479. The van der Waals surface area contributed by atoms with Crippen LogP contribution in [0.3, 0.4) is 0 Å². The van der Waals surface area contributed by atoms with Crippen molar-refractivity contribution >= 4 is 24.6 Å². The van der Waals surface area contributed by atoms with Crippen LogP contribution in [-0.2, 0) is 20.6 Å². The zero-order valence-corrected chi connectivity index (χ0v) is 22.8. The van der Waals surface area contributed by atoms with Crippen molar-refractivity contribution in [2.24, 2.45) is 0 Å². The van der Waals surface area contributed by atoms with Crippen molar-refractivity contribution in [2.45, 2.75) is 44.6 Å². The molecule has 190 valence electrons. The SMILES string of the molecule is CN1CC(=O)N[C@H](COCc2ccccc2)[C@@H](O[Si](c2ccccc2)(c2ccccc2)C(C)(C)C)C1. The minimum absolute atomic E-state index is 0.000594. The Labute approximate surface area is 216 Å². The van der Waals surface area contributed by atoms with Crippen molar-refractivity contribution in [2.75, 3.05) is 26.7 Å². The van der Waals surface area contributed by atoms with E-state index in [1.54, 1.807) is 0 Å². The second-order valence-electron chi connectivity index (χ2n) is 10.7. The number of hydrogen-bond donors (Lipinski definition) is 1. The number of hydrogen-bond acceptors (Lipinski definition) is 4. The molecule has 4 rings (SSSR count). The standard InChI is InChI=1S/C30H38N2O3Si/c1-30(2,3)36(25-16-10-6-11-17-25,26-18-12-7-13-19-26)35-28-20-32(4)21-29(33)31-27(28)23-34-22-24-14-8-5-9-15-24/h5-19,27-28H,20-23H2,1-4H3,(H,31,33)/t27-,28+/m1/s1. The lowest BCUT2D eigenvalue weighted by molar-refractivity contribution is -0.122. The lowest BCUT2D eigenvalue weighted by atomic mass is 10.1. The number of amides is 1. The summed E-state index contributed by atoms with van der Waals surface area (Å²) in [5, 5.41) is 5.52. The lowest BCUT2D eigenvalue weighted by Gasteiger charge is -2.46. The Kier molecular flexibility index (Phi) is 8.41. The van der Waals surface area contributed by atoms with Gasteiger partial charge in [-0.05, 0) is 28.0 Å². The zero-order chi connectivity index (χ0) is 25.6. The molecule has 0 unspecified atom stereocenters. The molecule has 0 radical (unpaired) electrons. The van der Waals surface area contributed by atoms with Crippen LogP contribution in [0.25, 0.3) is 0 Å². The van der Waals surface area contributed by atoms with Gasteiger partial charge in [0.2, 0.25) is 5.91 Å². The van der Waals surface area contributed by atoms with Gasteiger partial charge in [-0.2, -0.15) is 0 Å². The molecule has 0 spiro atoms. The Morgan fingerprint density at radius 1 is 0.889 bits per heavy atom. The molecule has 0 bridgehead atoms. The van der Waals surface area contributed by atoms with E-state index >= 15 is 0 Å². The fraction of sp³-hybridized carbons (Fsp3) is 0.367. The maximum absolute atomic E-state index is 12.7.